The highest BCUT2D eigenvalue weighted by molar-refractivity contribution is 7.98. The van der Waals surface area contributed by atoms with E-state index in [0.29, 0.717) is 17.4 Å². The van der Waals surface area contributed by atoms with Crippen molar-refractivity contribution in [1.82, 2.24) is 14.6 Å². The Bertz CT molecular complexity index is 1170. The van der Waals surface area contributed by atoms with Crippen LogP contribution in [0.2, 0.25) is 5.02 Å². The highest BCUT2D eigenvalue weighted by atomic mass is 35.5. The molecule has 2 heterocycles. The van der Waals surface area contributed by atoms with Crippen LogP contribution < -0.4 is 4.74 Å². The number of fused-ring (bicyclic) bond motifs is 1. The van der Waals surface area contributed by atoms with Crippen molar-refractivity contribution >= 4 is 28.9 Å². The first-order valence-corrected chi connectivity index (χ1v) is 10.9. The summed E-state index contributed by atoms with van der Waals surface area (Å²) in [5.41, 5.74) is 6.71. The van der Waals surface area contributed by atoms with E-state index in [9.17, 15) is 0 Å². The molecule has 0 amide bonds. The molecule has 2 aromatic heterocycles. The maximum Gasteiger partial charge on any atom is 0.137 e. The molecule has 0 unspecified atom stereocenters. The third-order valence-corrected chi connectivity index (χ3v) is 6.19. The Morgan fingerprint density at radius 2 is 1.93 bits per heavy atom. The van der Waals surface area contributed by atoms with Crippen LogP contribution in [0, 0.1) is 13.8 Å². The van der Waals surface area contributed by atoms with E-state index in [0.717, 1.165) is 27.6 Å². The minimum atomic E-state index is 0.584. The summed E-state index contributed by atoms with van der Waals surface area (Å²) >= 11 is 8.07. The van der Waals surface area contributed by atoms with Gasteiger partial charge in [0.25, 0.3) is 0 Å². The van der Waals surface area contributed by atoms with E-state index in [4.69, 9.17) is 21.4 Å². The molecule has 0 fully saturated rings. The molecule has 4 aromatic rings. The molecule has 0 saturated heterocycles. The fourth-order valence-electron chi connectivity index (χ4n) is 3.13. The van der Waals surface area contributed by atoms with Crippen molar-refractivity contribution in [3.63, 3.8) is 0 Å². The maximum atomic E-state index is 6.35. The van der Waals surface area contributed by atoms with E-state index >= 15 is 0 Å². The van der Waals surface area contributed by atoms with Gasteiger partial charge < -0.3 is 4.74 Å². The molecule has 0 aliphatic rings. The number of hydrogen-bond acceptors (Lipinski definition) is 4. The number of halogens is 1. The number of rotatable bonds is 6. The standard InChI is InChI=1S/C23H22ClN3OS/c1-4-28-22-8-7-18(12-19(22)24)20-13-21-23(25-9-10-27(21)26-20)29-14-17-6-5-15(2)16(3)11-17/h5-13H,4,14H2,1-3H3. The van der Waals surface area contributed by atoms with Gasteiger partial charge >= 0.3 is 0 Å². The predicted octanol–water partition coefficient (Wildman–Crippen LogP) is 6.36. The van der Waals surface area contributed by atoms with E-state index in [-0.39, 0.29) is 0 Å². The number of aryl methyl sites for hydroxylation is 2. The number of hydrogen-bond donors (Lipinski definition) is 0. The van der Waals surface area contributed by atoms with Gasteiger partial charge in [0, 0.05) is 23.7 Å². The smallest absolute Gasteiger partial charge is 0.137 e. The van der Waals surface area contributed by atoms with E-state index in [1.165, 1.54) is 16.7 Å². The second-order valence-corrected chi connectivity index (χ2v) is 8.25. The molecule has 0 radical (unpaired) electrons. The topological polar surface area (TPSA) is 39.4 Å². The molecule has 0 saturated carbocycles. The number of nitrogens with zero attached hydrogens (tertiary/aromatic N) is 3. The van der Waals surface area contributed by atoms with E-state index in [2.05, 4.69) is 43.1 Å². The molecule has 0 atom stereocenters. The van der Waals surface area contributed by atoms with Crippen LogP contribution in [0.15, 0.2) is 59.9 Å². The van der Waals surface area contributed by atoms with Gasteiger partial charge in [0.15, 0.2) is 0 Å². The molecule has 0 spiro atoms. The van der Waals surface area contributed by atoms with Gasteiger partial charge in [-0.2, -0.15) is 5.10 Å². The van der Waals surface area contributed by atoms with Gasteiger partial charge in [-0.3, -0.25) is 0 Å². The molecule has 0 aliphatic carbocycles. The highest BCUT2D eigenvalue weighted by Crippen LogP contribution is 2.32. The van der Waals surface area contributed by atoms with Crippen LogP contribution in [-0.2, 0) is 5.75 Å². The zero-order chi connectivity index (χ0) is 20.4. The average Bonchev–Trinajstić information content (AvgIpc) is 3.15. The molecular formula is C23H22ClN3OS. The van der Waals surface area contributed by atoms with Crippen molar-refractivity contribution in [2.45, 2.75) is 31.6 Å². The number of benzene rings is 2. The molecule has 2 aromatic carbocycles. The summed E-state index contributed by atoms with van der Waals surface area (Å²) in [6.07, 6.45) is 3.66. The molecule has 6 heteroatoms. The largest absolute Gasteiger partial charge is 0.492 e. The summed E-state index contributed by atoms with van der Waals surface area (Å²) in [5, 5.41) is 6.25. The number of thioether (sulfide) groups is 1. The normalized spacial score (nSPS) is 11.2. The van der Waals surface area contributed by atoms with Crippen molar-refractivity contribution in [3.05, 3.63) is 76.6 Å². The molecule has 4 nitrogen and oxygen atoms in total. The van der Waals surface area contributed by atoms with Crippen LogP contribution in [0.5, 0.6) is 5.75 Å². The summed E-state index contributed by atoms with van der Waals surface area (Å²) in [6.45, 7) is 6.81. The van der Waals surface area contributed by atoms with Crippen LogP contribution in [0.1, 0.15) is 23.6 Å². The molecular weight excluding hydrogens is 402 g/mol. The molecule has 29 heavy (non-hydrogen) atoms. The summed E-state index contributed by atoms with van der Waals surface area (Å²) in [5.74, 6) is 1.55. The SMILES string of the molecule is CCOc1ccc(-c2cc3c(SCc4ccc(C)c(C)c4)nccn3n2)cc1Cl. The lowest BCUT2D eigenvalue weighted by Gasteiger charge is -2.06. The van der Waals surface area contributed by atoms with Gasteiger partial charge in [-0.25, -0.2) is 9.50 Å². The molecule has 0 bridgehead atoms. The fourth-order valence-corrected chi connectivity index (χ4v) is 4.28. The zero-order valence-electron chi connectivity index (χ0n) is 16.6. The Hall–Kier alpha value is -2.50. The molecule has 4 rings (SSSR count). The lowest BCUT2D eigenvalue weighted by atomic mass is 10.1. The lowest BCUT2D eigenvalue weighted by molar-refractivity contribution is 0.340. The van der Waals surface area contributed by atoms with E-state index in [1.807, 2.05) is 35.8 Å². The first-order valence-electron chi connectivity index (χ1n) is 9.51. The predicted molar refractivity (Wildman–Crippen MR) is 120 cm³/mol. The summed E-state index contributed by atoms with van der Waals surface area (Å²) in [7, 11) is 0. The maximum absolute atomic E-state index is 6.35. The van der Waals surface area contributed by atoms with Crippen LogP contribution in [0.3, 0.4) is 0 Å². The first kappa shape index (κ1) is 19.8. The number of ether oxygens (including phenoxy) is 1. The van der Waals surface area contributed by atoms with Gasteiger partial charge in [0.1, 0.15) is 10.8 Å². The molecule has 148 valence electrons. The minimum Gasteiger partial charge on any atom is -0.492 e. The lowest BCUT2D eigenvalue weighted by Crippen LogP contribution is -1.93. The fraction of sp³-hybridized carbons (Fsp3) is 0.217. The van der Waals surface area contributed by atoms with E-state index in [1.54, 1.807) is 18.0 Å². The van der Waals surface area contributed by atoms with Crippen molar-refractivity contribution in [2.75, 3.05) is 6.61 Å². The Labute approximate surface area is 179 Å². The Morgan fingerprint density at radius 3 is 2.69 bits per heavy atom. The van der Waals surface area contributed by atoms with Crippen LogP contribution in [0.25, 0.3) is 16.8 Å². The minimum absolute atomic E-state index is 0.584. The second-order valence-electron chi connectivity index (χ2n) is 6.88. The third kappa shape index (κ3) is 4.26. The Kier molecular flexibility index (Phi) is 5.79. The van der Waals surface area contributed by atoms with E-state index < -0.39 is 0 Å². The highest BCUT2D eigenvalue weighted by Gasteiger charge is 2.12. The van der Waals surface area contributed by atoms with Crippen molar-refractivity contribution in [1.29, 1.82) is 0 Å². The molecule has 0 N–H and O–H groups in total. The van der Waals surface area contributed by atoms with Crippen molar-refractivity contribution in [3.8, 4) is 17.0 Å². The summed E-state index contributed by atoms with van der Waals surface area (Å²) in [6, 6.07) is 14.4. The van der Waals surface area contributed by atoms with Crippen molar-refractivity contribution in [2.24, 2.45) is 0 Å². The monoisotopic (exact) mass is 423 g/mol. The average molecular weight is 424 g/mol. The first-order chi connectivity index (χ1) is 14.0. The van der Waals surface area contributed by atoms with Gasteiger partial charge in [-0.15, -0.1) is 0 Å². The second kappa shape index (κ2) is 8.47. The van der Waals surface area contributed by atoms with Crippen molar-refractivity contribution < 1.29 is 4.74 Å². The number of aromatic nitrogens is 3. The van der Waals surface area contributed by atoms with Crippen LogP contribution in [-0.4, -0.2) is 21.2 Å². The molecule has 0 aliphatic heterocycles. The van der Waals surface area contributed by atoms with Gasteiger partial charge in [-0.05, 0) is 61.7 Å². The Morgan fingerprint density at radius 1 is 1.07 bits per heavy atom. The van der Waals surface area contributed by atoms with Crippen LogP contribution in [0.4, 0.5) is 0 Å². The zero-order valence-corrected chi connectivity index (χ0v) is 18.2. The van der Waals surface area contributed by atoms with Gasteiger partial charge in [-0.1, -0.05) is 41.6 Å². The Balaban J connectivity index is 1.61. The summed E-state index contributed by atoms with van der Waals surface area (Å²) < 4.78 is 7.39. The summed E-state index contributed by atoms with van der Waals surface area (Å²) in [4.78, 5) is 4.58. The van der Waals surface area contributed by atoms with Gasteiger partial charge in [0.05, 0.1) is 22.8 Å². The third-order valence-electron chi connectivity index (χ3n) is 4.83. The quantitative estimate of drug-likeness (QED) is 0.338. The van der Waals surface area contributed by atoms with Crippen LogP contribution >= 0.6 is 23.4 Å². The van der Waals surface area contributed by atoms with Gasteiger partial charge in [0.2, 0.25) is 0 Å².